The van der Waals surface area contributed by atoms with Crippen LogP contribution in [-0.2, 0) is 17.8 Å². The van der Waals surface area contributed by atoms with E-state index in [4.69, 9.17) is 4.42 Å². The topological polar surface area (TPSA) is 55.1 Å². The Balaban J connectivity index is 1.71. The molecule has 4 nitrogen and oxygen atoms in total. The molecule has 0 aromatic carbocycles. The third-order valence-corrected chi connectivity index (χ3v) is 2.42. The van der Waals surface area contributed by atoms with Crippen molar-refractivity contribution in [3.63, 3.8) is 0 Å². The Morgan fingerprint density at radius 2 is 2.12 bits per heavy atom. The van der Waals surface area contributed by atoms with Gasteiger partial charge in [-0.15, -0.1) is 0 Å². The van der Waals surface area contributed by atoms with E-state index in [1.54, 1.807) is 18.7 Å². The number of nitrogens with one attached hydrogen (secondary N) is 1. The molecule has 0 aliphatic carbocycles. The number of nitrogens with zero attached hydrogens (tertiary/aromatic N) is 1. The molecule has 17 heavy (non-hydrogen) atoms. The Bertz CT molecular complexity index is 452. The lowest BCUT2D eigenvalue weighted by Crippen LogP contribution is -2.22. The highest BCUT2D eigenvalue weighted by molar-refractivity contribution is 5.76. The molecule has 0 saturated heterocycles. The number of carbonyl (C=O) groups is 1. The van der Waals surface area contributed by atoms with Crippen LogP contribution in [0.2, 0.25) is 0 Å². The zero-order chi connectivity index (χ0) is 11.9. The van der Waals surface area contributed by atoms with Gasteiger partial charge in [-0.2, -0.15) is 0 Å². The predicted octanol–water partition coefficient (Wildman–Crippen LogP) is 1.92. The van der Waals surface area contributed by atoms with Gasteiger partial charge in [-0.05, 0) is 29.8 Å². The van der Waals surface area contributed by atoms with Crippen molar-refractivity contribution in [3.05, 3.63) is 54.2 Å². The molecule has 0 unspecified atom stereocenters. The standard InChI is InChI=1S/C13H14N2O2/c16-13(4-3-12-2-1-9-17-12)15-10-11-5-7-14-8-6-11/h1-2,5-9H,3-4,10H2,(H,15,16). The molecule has 88 valence electrons. The largest absolute Gasteiger partial charge is 0.469 e. The van der Waals surface area contributed by atoms with Crippen LogP contribution < -0.4 is 5.32 Å². The summed E-state index contributed by atoms with van der Waals surface area (Å²) in [5, 5.41) is 2.85. The molecular formula is C13H14N2O2. The maximum Gasteiger partial charge on any atom is 0.220 e. The Kier molecular flexibility index (Phi) is 3.91. The Morgan fingerprint density at radius 1 is 1.29 bits per heavy atom. The van der Waals surface area contributed by atoms with E-state index in [0.717, 1.165) is 11.3 Å². The van der Waals surface area contributed by atoms with Crippen molar-refractivity contribution in [2.75, 3.05) is 0 Å². The normalized spacial score (nSPS) is 10.1. The predicted molar refractivity (Wildman–Crippen MR) is 63.1 cm³/mol. The highest BCUT2D eigenvalue weighted by Gasteiger charge is 2.03. The van der Waals surface area contributed by atoms with Crippen LogP contribution in [0.3, 0.4) is 0 Å². The van der Waals surface area contributed by atoms with Gasteiger partial charge in [-0.25, -0.2) is 0 Å². The molecule has 2 aromatic rings. The summed E-state index contributed by atoms with van der Waals surface area (Å²) in [5.41, 5.74) is 1.05. The molecule has 0 radical (unpaired) electrons. The summed E-state index contributed by atoms with van der Waals surface area (Å²) in [5.74, 6) is 0.863. The summed E-state index contributed by atoms with van der Waals surface area (Å²) in [6.45, 7) is 0.541. The molecule has 0 fully saturated rings. The van der Waals surface area contributed by atoms with Crippen molar-refractivity contribution in [2.45, 2.75) is 19.4 Å². The minimum Gasteiger partial charge on any atom is -0.469 e. The summed E-state index contributed by atoms with van der Waals surface area (Å²) in [6, 6.07) is 7.46. The molecule has 1 amide bonds. The first kappa shape index (κ1) is 11.4. The quantitative estimate of drug-likeness (QED) is 0.853. The molecule has 0 saturated carbocycles. The van der Waals surface area contributed by atoms with Crippen molar-refractivity contribution in [2.24, 2.45) is 0 Å². The molecule has 0 atom stereocenters. The fourth-order valence-corrected chi connectivity index (χ4v) is 1.48. The monoisotopic (exact) mass is 230 g/mol. The van der Waals surface area contributed by atoms with Crippen LogP contribution in [0, 0.1) is 0 Å². The van der Waals surface area contributed by atoms with Gasteiger partial charge in [0.25, 0.3) is 0 Å². The number of amides is 1. The molecule has 0 bridgehead atoms. The molecule has 2 rings (SSSR count). The summed E-state index contributed by atoms with van der Waals surface area (Å²) < 4.78 is 5.16. The molecule has 1 N–H and O–H groups in total. The second-order valence-electron chi connectivity index (χ2n) is 3.71. The van der Waals surface area contributed by atoms with Gasteiger partial charge < -0.3 is 9.73 Å². The number of hydrogen-bond acceptors (Lipinski definition) is 3. The lowest BCUT2D eigenvalue weighted by molar-refractivity contribution is -0.121. The number of carbonyl (C=O) groups excluding carboxylic acids is 1. The number of aromatic nitrogens is 1. The summed E-state index contributed by atoms with van der Waals surface area (Å²) >= 11 is 0. The molecular weight excluding hydrogens is 216 g/mol. The van der Waals surface area contributed by atoms with E-state index in [1.807, 2.05) is 24.3 Å². The SMILES string of the molecule is O=C(CCc1ccco1)NCc1ccncc1. The highest BCUT2D eigenvalue weighted by Crippen LogP contribution is 2.03. The van der Waals surface area contributed by atoms with Gasteiger partial charge in [-0.1, -0.05) is 0 Å². The number of rotatable bonds is 5. The molecule has 0 aliphatic rings. The first-order valence-electron chi connectivity index (χ1n) is 5.52. The second kappa shape index (κ2) is 5.84. The second-order valence-corrected chi connectivity index (χ2v) is 3.71. The van der Waals surface area contributed by atoms with Gasteiger partial charge in [0.05, 0.1) is 6.26 Å². The van der Waals surface area contributed by atoms with Crippen LogP contribution in [0.15, 0.2) is 47.3 Å². The highest BCUT2D eigenvalue weighted by atomic mass is 16.3. The number of hydrogen-bond donors (Lipinski definition) is 1. The summed E-state index contributed by atoms with van der Waals surface area (Å²) in [7, 11) is 0. The first-order chi connectivity index (χ1) is 8.34. The van der Waals surface area contributed by atoms with Gasteiger partial charge in [0.2, 0.25) is 5.91 Å². The van der Waals surface area contributed by atoms with Gasteiger partial charge in [0, 0.05) is 31.8 Å². The lowest BCUT2D eigenvalue weighted by atomic mass is 10.2. The van der Waals surface area contributed by atoms with Gasteiger partial charge >= 0.3 is 0 Å². The minimum atomic E-state index is 0.0261. The van der Waals surface area contributed by atoms with Crippen LogP contribution in [-0.4, -0.2) is 10.9 Å². The maximum absolute atomic E-state index is 11.5. The summed E-state index contributed by atoms with van der Waals surface area (Å²) in [6.07, 6.45) is 6.12. The van der Waals surface area contributed by atoms with E-state index < -0.39 is 0 Å². The molecule has 0 spiro atoms. The third kappa shape index (κ3) is 3.75. The van der Waals surface area contributed by atoms with Crippen molar-refractivity contribution < 1.29 is 9.21 Å². The Labute approximate surface area is 99.7 Å². The van der Waals surface area contributed by atoms with E-state index in [2.05, 4.69) is 10.3 Å². The lowest BCUT2D eigenvalue weighted by Gasteiger charge is -2.04. The number of furan rings is 1. The average molecular weight is 230 g/mol. The van der Waals surface area contributed by atoms with Gasteiger partial charge in [-0.3, -0.25) is 9.78 Å². The molecule has 2 heterocycles. The number of aryl methyl sites for hydroxylation is 1. The van der Waals surface area contributed by atoms with Crippen LogP contribution in [0.25, 0.3) is 0 Å². The maximum atomic E-state index is 11.5. The average Bonchev–Trinajstić information content (AvgIpc) is 2.88. The molecule has 2 aromatic heterocycles. The van der Waals surface area contributed by atoms with Crippen molar-refractivity contribution in [3.8, 4) is 0 Å². The van der Waals surface area contributed by atoms with Crippen molar-refractivity contribution >= 4 is 5.91 Å². The van der Waals surface area contributed by atoms with Crippen LogP contribution >= 0.6 is 0 Å². The van der Waals surface area contributed by atoms with Crippen LogP contribution in [0.4, 0.5) is 0 Å². The Morgan fingerprint density at radius 3 is 2.82 bits per heavy atom. The first-order valence-corrected chi connectivity index (χ1v) is 5.52. The fourth-order valence-electron chi connectivity index (χ4n) is 1.48. The van der Waals surface area contributed by atoms with Crippen LogP contribution in [0.1, 0.15) is 17.7 Å². The molecule has 4 heteroatoms. The summed E-state index contributed by atoms with van der Waals surface area (Å²) in [4.78, 5) is 15.5. The van der Waals surface area contributed by atoms with E-state index in [1.165, 1.54) is 0 Å². The smallest absolute Gasteiger partial charge is 0.220 e. The van der Waals surface area contributed by atoms with Crippen molar-refractivity contribution in [1.29, 1.82) is 0 Å². The van der Waals surface area contributed by atoms with Gasteiger partial charge in [0.1, 0.15) is 5.76 Å². The third-order valence-electron chi connectivity index (χ3n) is 2.42. The van der Waals surface area contributed by atoms with E-state index in [0.29, 0.717) is 19.4 Å². The molecule has 0 aliphatic heterocycles. The zero-order valence-electron chi connectivity index (χ0n) is 9.43. The van der Waals surface area contributed by atoms with E-state index in [-0.39, 0.29) is 5.91 Å². The minimum absolute atomic E-state index is 0.0261. The Hall–Kier alpha value is -2.10. The van der Waals surface area contributed by atoms with E-state index in [9.17, 15) is 4.79 Å². The zero-order valence-corrected chi connectivity index (χ0v) is 9.43. The van der Waals surface area contributed by atoms with Crippen molar-refractivity contribution in [1.82, 2.24) is 10.3 Å². The van der Waals surface area contributed by atoms with E-state index >= 15 is 0 Å². The van der Waals surface area contributed by atoms with Crippen LogP contribution in [0.5, 0.6) is 0 Å². The number of pyridine rings is 1. The fraction of sp³-hybridized carbons (Fsp3) is 0.231. The van der Waals surface area contributed by atoms with Gasteiger partial charge in [0.15, 0.2) is 0 Å².